The number of halogens is 1. The molecule has 0 aliphatic carbocycles. The van der Waals surface area contributed by atoms with Crippen molar-refractivity contribution in [3.8, 4) is 0 Å². The van der Waals surface area contributed by atoms with Gasteiger partial charge in [0, 0.05) is 6.54 Å². The van der Waals surface area contributed by atoms with Crippen LogP contribution in [-0.2, 0) is 17.8 Å². The van der Waals surface area contributed by atoms with Crippen molar-refractivity contribution in [3.63, 3.8) is 0 Å². The Hall–Kier alpha value is -1.06. The lowest BCUT2D eigenvalue weighted by Gasteiger charge is -2.23. The predicted octanol–water partition coefficient (Wildman–Crippen LogP) is 1.52. The minimum atomic E-state index is -0.767. The van der Waals surface area contributed by atoms with Crippen LogP contribution in [0.15, 0.2) is 18.2 Å². The van der Waals surface area contributed by atoms with E-state index in [0.717, 1.165) is 5.56 Å². The smallest absolute Gasteiger partial charge is 0.321 e. The van der Waals surface area contributed by atoms with Crippen molar-refractivity contribution >= 4 is 18.4 Å². The molecule has 2 N–H and O–H groups in total. The van der Waals surface area contributed by atoms with E-state index in [1.54, 1.807) is 0 Å². The van der Waals surface area contributed by atoms with Gasteiger partial charge in [-0.05, 0) is 24.5 Å². The van der Waals surface area contributed by atoms with Crippen molar-refractivity contribution in [2.45, 2.75) is 25.9 Å². The molecule has 1 heterocycles. The summed E-state index contributed by atoms with van der Waals surface area (Å²) in [5.41, 5.74) is 3.57. The third-order valence-electron chi connectivity index (χ3n) is 2.62. The zero-order valence-electron chi connectivity index (χ0n) is 8.49. The molecule has 1 aliphatic rings. The zero-order valence-corrected chi connectivity index (χ0v) is 9.30. The van der Waals surface area contributed by atoms with E-state index in [0.29, 0.717) is 13.0 Å². The lowest BCUT2D eigenvalue weighted by atomic mass is 9.94. The van der Waals surface area contributed by atoms with Gasteiger partial charge in [0.25, 0.3) is 0 Å². The summed E-state index contributed by atoms with van der Waals surface area (Å²) >= 11 is 0. The SMILES string of the molecule is Cc1ccc2c(c1)C[C@@H](C(=O)O)NC2.Cl. The molecule has 15 heavy (non-hydrogen) atoms. The van der Waals surface area contributed by atoms with Crippen LogP contribution in [0.2, 0.25) is 0 Å². The average molecular weight is 228 g/mol. The Morgan fingerprint density at radius 2 is 2.20 bits per heavy atom. The number of benzene rings is 1. The van der Waals surface area contributed by atoms with Crippen LogP contribution in [0.25, 0.3) is 0 Å². The lowest BCUT2D eigenvalue weighted by molar-refractivity contribution is -0.139. The van der Waals surface area contributed by atoms with Gasteiger partial charge in [-0.25, -0.2) is 0 Å². The highest BCUT2D eigenvalue weighted by Gasteiger charge is 2.23. The Morgan fingerprint density at radius 3 is 2.87 bits per heavy atom. The highest BCUT2D eigenvalue weighted by atomic mass is 35.5. The molecule has 0 aromatic heterocycles. The highest BCUT2D eigenvalue weighted by Crippen LogP contribution is 2.18. The van der Waals surface area contributed by atoms with Gasteiger partial charge in [0.2, 0.25) is 0 Å². The van der Waals surface area contributed by atoms with Crippen LogP contribution in [0.4, 0.5) is 0 Å². The molecule has 0 unspecified atom stereocenters. The third kappa shape index (κ3) is 2.49. The normalized spacial score (nSPS) is 18.9. The second-order valence-corrected chi connectivity index (χ2v) is 3.75. The first-order valence-corrected chi connectivity index (χ1v) is 4.71. The number of aliphatic carboxylic acids is 1. The van der Waals surface area contributed by atoms with Crippen LogP contribution < -0.4 is 5.32 Å². The molecule has 2 rings (SSSR count). The molecule has 4 heteroatoms. The number of carboxylic acid groups (broad SMARTS) is 1. The van der Waals surface area contributed by atoms with Crippen LogP contribution >= 0.6 is 12.4 Å². The minimum absolute atomic E-state index is 0. The topological polar surface area (TPSA) is 49.3 Å². The number of aryl methyl sites for hydroxylation is 1. The molecule has 0 spiro atoms. The molecule has 1 aromatic carbocycles. The summed E-state index contributed by atoms with van der Waals surface area (Å²) in [6, 6.07) is 5.77. The summed E-state index contributed by atoms with van der Waals surface area (Å²) in [5.74, 6) is -0.767. The maximum absolute atomic E-state index is 10.8. The molecule has 0 bridgehead atoms. The number of carboxylic acids is 1. The van der Waals surface area contributed by atoms with Crippen LogP contribution in [0.3, 0.4) is 0 Å². The first kappa shape index (κ1) is 12.0. The molecule has 0 saturated carbocycles. The van der Waals surface area contributed by atoms with Crippen molar-refractivity contribution in [2.75, 3.05) is 0 Å². The van der Waals surface area contributed by atoms with Gasteiger partial charge >= 0.3 is 5.97 Å². The van der Waals surface area contributed by atoms with E-state index in [9.17, 15) is 4.79 Å². The summed E-state index contributed by atoms with van der Waals surface area (Å²) in [4.78, 5) is 10.8. The summed E-state index contributed by atoms with van der Waals surface area (Å²) < 4.78 is 0. The van der Waals surface area contributed by atoms with Gasteiger partial charge in [-0.1, -0.05) is 23.8 Å². The number of carbonyl (C=O) groups is 1. The lowest BCUT2D eigenvalue weighted by Crippen LogP contribution is -2.41. The molecule has 0 saturated heterocycles. The first-order chi connectivity index (χ1) is 6.66. The monoisotopic (exact) mass is 227 g/mol. The Balaban J connectivity index is 0.00000112. The summed E-state index contributed by atoms with van der Waals surface area (Å²) in [7, 11) is 0. The number of rotatable bonds is 1. The fourth-order valence-corrected chi connectivity index (χ4v) is 1.82. The number of fused-ring (bicyclic) bond motifs is 1. The van der Waals surface area contributed by atoms with Crippen LogP contribution in [0.5, 0.6) is 0 Å². The van der Waals surface area contributed by atoms with Gasteiger partial charge < -0.3 is 10.4 Å². The quantitative estimate of drug-likeness (QED) is 0.765. The van der Waals surface area contributed by atoms with Crippen molar-refractivity contribution in [1.29, 1.82) is 0 Å². The molecule has 3 nitrogen and oxygen atoms in total. The highest BCUT2D eigenvalue weighted by molar-refractivity contribution is 5.85. The van der Waals surface area contributed by atoms with Crippen LogP contribution in [0, 0.1) is 6.92 Å². The van der Waals surface area contributed by atoms with Gasteiger partial charge in [-0.15, -0.1) is 12.4 Å². The summed E-state index contributed by atoms with van der Waals surface area (Å²) in [5, 5.41) is 11.9. The second-order valence-electron chi connectivity index (χ2n) is 3.75. The van der Waals surface area contributed by atoms with E-state index >= 15 is 0 Å². The minimum Gasteiger partial charge on any atom is -0.480 e. The van der Waals surface area contributed by atoms with E-state index in [4.69, 9.17) is 5.11 Å². The van der Waals surface area contributed by atoms with Gasteiger partial charge in [-0.2, -0.15) is 0 Å². The van der Waals surface area contributed by atoms with Crippen molar-refractivity contribution in [3.05, 3.63) is 34.9 Å². The zero-order chi connectivity index (χ0) is 10.1. The van der Waals surface area contributed by atoms with E-state index < -0.39 is 12.0 Å². The molecular weight excluding hydrogens is 214 g/mol. The molecule has 0 radical (unpaired) electrons. The Bertz CT molecular complexity index is 379. The fourth-order valence-electron chi connectivity index (χ4n) is 1.82. The van der Waals surface area contributed by atoms with E-state index in [-0.39, 0.29) is 12.4 Å². The molecule has 1 atom stereocenters. The average Bonchev–Trinajstić information content (AvgIpc) is 2.16. The summed E-state index contributed by atoms with van der Waals surface area (Å²) in [6.45, 7) is 2.69. The number of hydrogen-bond donors (Lipinski definition) is 2. The van der Waals surface area contributed by atoms with Crippen LogP contribution in [0.1, 0.15) is 16.7 Å². The Labute approximate surface area is 94.9 Å². The molecule has 1 aromatic rings. The van der Waals surface area contributed by atoms with Gasteiger partial charge in [0.15, 0.2) is 0 Å². The fraction of sp³-hybridized carbons (Fsp3) is 0.364. The van der Waals surface area contributed by atoms with Gasteiger partial charge in [-0.3, -0.25) is 4.79 Å². The van der Waals surface area contributed by atoms with Crippen molar-refractivity contribution < 1.29 is 9.90 Å². The molecular formula is C11H14ClNO2. The molecule has 82 valence electrons. The number of hydrogen-bond acceptors (Lipinski definition) is 2. The van der Waals surface area contributed by atoms with Gasteiger partial charge in [0.1, 0.15) is 6.04 Å². The van der Waals surface area contributed by atoms with Crippen LogP contribution in [-0.4, -0.2) is 17.1 Å². The first-order valence-electron chi connectivity index (χ1n) is 4.71. The van der Waals surface area contributed by atoms with Gasteiger partial charge in [0.05, 0.1) is 0 Å². The third-order valence-corrected chi connectivity index (χ3v) is 2.62. The summed E-state index contributed by atoms with van der Waals surface area (Å²) in [6.07, 6.45) is 0.590. The Morgan fingerprint density at radius 1 is 1.47 bits per heavy atom. The second kappa shape index (κ2) is 4.64. The maximum atomic E-state index is 10.8. The Kier molecular flexibility index (Phi) is 3.72. The van der Waals surface area contributed by atoms with E-state index in [2.05, 4.69) is 23.5 Å². The predicted molar refractivity (Wildman–Crippen MR) is 60.4 cm³/mol. The van der Waals surface area contributed by atoms with E-state index in [1.165, 1.54) is 11.1 Å². The van der Waals surface area contributed by atoms with Crippen molar-refractivity contribution in [2.24, 2.45) is 0 Å². The van der Waals surface area contributed by atoms with Crippen molar-refractivity contribution in [1.82, 2.24) is 5.32 Å². The largest absolute Gasteiger partial charge is 0.480 e. The number of nitrogens with one attached hydrogen (secondary N) is 1. The standard InChI is InChI=1S/C11H13NO2.ClH/c1-7-2-3-8-6-12-10(11(13)14)5-9(8)4-7;/h2-4,10,12H,5-6H2,1H3,(H,13,14);1H/t10-;/m0./s1. The molecule has 0 amide bonds. The molecule has 0 fully saturated rings. The maximum Gasteiger partial charge on any atom is 0.321 e. The molecule has 1 aliphatic heterocycles. The van der Waals surface area contributed by atoms with E-state index in [1.807, 2.05) is 6.92 Å².